The van der Waals surface area contributed by atoms with Crippen molar-refractivity contribution in [3.05, 3.63) is 0 Å². The number of carbonyl (C=O) groups is 2. The van der Waals surface area contributed by atoms with E-state index in [0.717, 1.165) is 32.1 Å². The predicted octanol–water partition coefficient (Wildman–Crippen LogP) is 2.73. The average Bonchev–Trinajstić information content (AvgIpc) is 2.45. The molecule has 5 nitrogen and oxygen atoms in total. The Morgan fingerprint density at radius 2 is 1.89 bits per heavy atom. The Bertz CT molecular complexity index is 293. The monoisotopic (exact) mass is 271 g/mol. The molecular formula is C14H25NO4. The molecule has 1 unspecified atom stereocenters. The van der Waals surface area contributed by atoms with Gasteiger partial charge in [0.1, 0.15) is 6.04 Å². The number of likely N-dealkylation sites (tertiary alicyclic amines) is 1. The third kappa shape index (κ3) is 5.09. The zero-order chi connectivity index (χ0) is 14.1. The van der Waals surface area contributed by atoms with Crippen LogP contribution < -0.4 is 0 Å². The molecule has 0 aromatic heterocycles. The molecule has 1 atom stereocenters. The normalized spacial score (nSPS) is 19.1. The van der Waals surface area contributed by atoms with Gasteiger partial charge in [-0.2, -0.15) is 0 Å². The fourth-order valence-electron chi connectivity index (χ4n) is 2.08. The van der Waals surface area contributed by atoms with E-state index in [4.69, 9.17) is 9.47 Å². The van der Waals surface area contributed by atoms with E-state index < -0.39 is 6.04 Å². The van der Waals surface area contributed by atoms with Crippen LogP contribution in [0.5, 0.6) is 0 Å². The first kappa shape index (κ1) is 15.8. The Kier molecular flexibility index (Phi) is 7.30. The van der Waals surface area contributed by atoms with Crippen molar-refractivity contribution in [1.29, 1.82) is 0 Å². The molecule has 0 radical (unpaired) electrons. The first-order valence-electron chi connectivity index (χ1n) is 7.30. The van der Waals surface area contributed by atoms with E-state index >= 15 is 0 Å². The molecule has 110 valence electrons. The summed E-state index contributed by atoms with van der Waals surface area (Å²) in [4.78, 5) is 25.4. The summed E-state index contributed by atoms with van der Waals surface area (Å²) in [5.41, 5.74) is 0. The van der Waals surface area contributed by atoms with Crippen LogP contribution in [0.25, 0.3) is 0 Å². The first-order chi connectivity index (χ1) is 9.20. The lowest BCUT2D eigenvalue weighted by Gasteiger charge is -2.33. The molecule has 0 bridgehead atoms. The highest BCUT2D eigenvalue weighted by Gasteiger charge is 2.34. The van der Waals surface area contributed by atoms with Crippen LogP contribution in [0.15, 0.2) is 0 Å². The lowest BCUT2D eigenvalue weighted by Crippen LogP contribution is -2.49. The summed E-state index contributed by atoms with van der Waals surface area (Å²) in [6.45, 7) is 5.40. The van der Waals surface area contributed by atoms with E-state index in [1.165, 1.54) is 4.90 Å². The molecule has 1 amide bonds. The molecule has 1 rings (SSSR count). The van der Waals surface area contributed by atoms with Gasteiger partial charge >= 0.3 is 12.1 Å². The topological polar surface area (TPSA) is 55.8 Å². The quantitative estimate of drug-likeness (QED) is 0.550. The molecule has 19 heavy (non-hydrogen) atoms. The fraction of sp³-hybridized carbons (Fsp3) is 0.857. The van der Waals surface area contributed by atoms with Gasteiger partial charge in [0.25, 0.3) is 0 Å². The van der Waals surface area contributed by atoms with Crippen LogP contribution >= 0.6 is 0 Å². The summed E-state index contributed by atoms with van der Waals surface area (Å²) in [7, 11) is 0. The van der Waals surface area contributed by atoms with Crippen molar-refractivity contribution in [2.45, 2.75) is 58.4 Å². The summed E-state index contributed by atoms with van der Waals surface area (Å²) in [5, 5.41) is 0. The summed E-state index contributed by atoms with van der Waals surface area (Å²) in [6, 6.07) is -0.463. The maximum atomic E-state index is 12.0. The Morgan fingerprint density at radius 3 is 2.58 bits per heavy atom. The maximum Gasteiger partial charge on any atom is 0.410 e. The smallest absolute Gasteiger partial charge is 0.410 e. The van der Waals surface area contributed by atoms with Gasteiger partial charge in [-0.05, 0) is 32.1 Å². The SMILES string of the molecule is CCCCOC(=O)C1CCCCN1C(=O)OCCC. The first-order valence-corrected chi connectivity index (χ1v) is 7.30. The number of unbranched alkanes of at least 4 members (excludes halogenated alkanes) is 1. The molecule has 0 aromatic carbocycles. The van der Waals surface area contributed by atoms with Gasteiger partial charge in [0, 0.05) is 6.54 Å². The van der Waals surface area contributed by atoms with Crippen molar-refractivity contribution < 1.29 is 19.1 Å². The number of hydrogen-bond donors (Lipinski definition) is 0. The molecule has 5 heteroatoms. The maximum absolute atomic E-state index is 12.0. The Morgan fingerprint density at radius 1 is 1.11 bits per heavy atom. The van der Waals surface area contributed by atoms with Crippen molar-refractivity contribution in [1.82, 2.24) is 4.90 Å². The van der Waals surface area contributed by atoms with Crippen LogP contribution in [0, 0.1) is 0 Å². The lowest BCUT2D eigenvalue weighted by molar-refractivity contribution is -0.150. The van der Waals surface area contributed by atoms with E-state index in [1.807, 2.05) is 13.8 Å². The van der Waals surface area contributed by atoms with Gasteiger partial charge in [0.15, 0.2) is 0 Å². The fourth-order valence-corrected chi connectivity index (χ4v) is 2.08. The second-order valence-corrected chi connectivity index (χ2v) is 4.84. The molecule has 1 heterocycles. The molecule has 0 aliphatic carbocycles. The second kappa shape index (κ2) is 8.77. The number of rotatable bonds is 6. The second-order valence-electron chi connectivity index (χ2n) is 4.84. The van der Waals surface area contributed by atoms with Crippen LogP contribution in [0.1, 0.15) is 52.4 Å². The van der Waals surface area contributed by atoms with Crippen LogP contribution in [-0.2, 0) is 14.3 Å². The van der Waals surface area contributed by atoms with Crippen LogP contribution in [0.3, 0.4) is 0 Å². The van der Waals surface area contributed by atoms with Gasteiger partial charge in [0.2, 0.25) is 0 Å². The highest BCUT2D eigenvalue weighted by Crippen LogP contribution is 2.19. The minimum atomic E-state index is -0.463. The van der Waals surface area contributed by atoms with Gasteiger partial charge in [-0.3, -0.25) is 4.90 Å². The van der Waals surface area contributed by atoms with E-state index in [1.54, 1.807) is 0 Å². The Labute approximate surface area is 115 Å². The van der Waals surface area contributed by atoms with Crippen molar-refractivity contribution in [3.8, 4) is 0 Å². The largest absolute Gasteiger partial charge is 0.464 e. The highest BCUT2D eigenvalue weighted by molar-refractivity contribution is 5.81. The molecule has 1 fully saturated rings. The highest BCUT2D eigenvalue weighted by atomic mass is 16.6. The van der Waals surface area contributed by atoms with Gasteiger partial charge < -0.3 is 9.47 Å². The number of amides is 1. The molecule has 0 aromatic rings. The van der Waals surface area contributed by atoms with E-state index in [2.05, 4.69) is 0 Å². The standard InChI is InChI=1S/C14H25NO4/c1-3-5-11-18-13(16)12-8-6-7-9-15(12)14(17)19-10-4-2/h12H,3-11H2,1-2H3. The molecule has 0 spiro atoms. The molecular weight excluding hydrogens is 246 g/mol. The van der Waals surface area contributed by atoms with Crippen LogP contribution in [-0.4, -0.2) is 42.8 Å². The third-order valence-corrected chi connectivity index (χ3v) is 3.18. The summed E-state index contributed by atoms with van der Waals surface area (Å²) in [6.07, 6.45) is 4.78. The summed E-state index contributed by atoms with van der Waals surface area (Å²) in [5.74, 6) is -0.290. The van der Waals surface area contributed by atoms with Gasteiger partial charge in [-0.25, -0.2) is 9.59 Å². The van der Waals surface area contributed by atoms with E-state index in [-0.39, 0.29) is 12.1 Å². The lowest BCUT2D eigenvalue weighted by atomic mass is 10.0. The van der Waals surface area contributed by atoms with Crippen molar-refractivity contribution >= 4 is 12.1 Å². The Hall–Kier alpha value is -1.26. The molecule has 1 aliphatic heterocycles. The van der Waals surface area contributed by atoms with Crippen molar-refractivity contribution in [2.24, 2.45) is 0 Å². The van der Waals surface area contributed by atoms with Crippen LogP contribution in [0.2, 0.25) is 0 Å². The summed E-state index contributed by atoms with van der Waals surface area (Å²) < 4.78 is 10.3. The number of nitrogens with zero attached hydrogens (tertiary/aromatic N) is 1. The zero-order valence-electron chi connectivity index (χ0n) is 12.0. The average molecular weight is 271 g/mol. The van der Waals surface area contributed by atoms with Crippen molar-refractivity contribution in [3.63, 3.8) is 0 Å². The van der Waals surface area contributed by atoms with E-state index in [0.29, 0.717) is 26.2 Å². The van der Waals surface area contributed by atoms with Crippen molar-refractivity contribution in [2.75, 3.05) is 19.8 Å². The number of piperidine rings is 1. The number of esters is 1. The molecule has 1 saturated heterocycles. The molecule has 0 N–H and O–H groups in total. The number of ether oxygens (including phenoxy) is 2. The number of hydrogen-bond acceptors (Lipinski definition) is 4. The van der Waals surface area contributed by atoms with E-state index in [9.17, 15) is 9.59 Å². The van der Waals surface area contributed by atoms with Gasteiger partial charge in [0.05, 0.1) is 13.2 Å². The summed E-state index contributed by atoms with van der Waals surface area (Å²) >= 11 is 0. The minimum absolute atomic E-state index is 0.290. The number of carbonyl (C=O) groups excluding carboxylic acids is 2. The van der Waals surface area contributed by atoms with Gasteiger partial charge in [-0.1, -0.05) is 20.3 Å². The molecule has 0 saturated carbocycles. The Balaban J connectivity index is 2.51. The molecule has 1 aliphatic rings. The predicted molar refractivity (Wildman–Crippen MR) is 71.9 cm³/mol. The zero-order valence-corrected chi connectivity index (χ0v) is 12.0. The van der Waals surface area contributed by atoms with Gasteiger partial charge in [-0.15, -0.1) is 0 Å². The third-order valence-electron chi connectivity index (χ3n) is 3.18. The van der Waals surface area contributed by atoms with Crippen LogP contribution in [0.4, 0.5) is 4.79 Å². The minimum Gasteiger partial charge on any atom is -0.464 e.